The van der Waals surface area contributed by atoms with E-state index in [1.54, 1.807) is 0 Å². The fraction of sp³-hybridized carbons (Fsp3) is 0.500. The number of hydrogen-bond donors (Lipinski definition) is 0. The molecule has 0 aromatic heterocycles. The summed E-state index contributed by atoms with van der Waals surface area (Å²) in [6.45, 7) is 0.780. The summed E-state index contributed by atoms with van der Waals surface area (Å²) >= 11 is 0. The molecule has 0 bridgehead atoms. The van der Waals surface area contributed by atoms with Crippen molar-refractivity contribution in [3.05, 3.63) is 83.9 Å². The van der Waals surface area contributed by atoms with Crippen LogP contribution in [0.25, 0.3) is 21.5 Å². The highest BCUT2D eigenvalue weighted by Crippen LogP contribution is 2.27. The standard InChI is InChI=1S/C44H54O6/c45-43(49-39-15-11-7-3-1-4-8-12-16-39)37-21-19-35-31-41(25-23-33(35)29-37)47-27-28-48-42-26-24-34-30-38(22-20-36(34)32-42)44(46)50-40-17-13-9-5-2-6-10-14-18-40/h19-26,29-32,39-40H,1-18,27-28H2. The van der Waals surface area contributed by atoms with Crippen molar-refractivity contribution in [3.63, 3.8) is 0 Å². The molecule has 0 spiro atoms. The summed E-state index contributed by atoms with van der Waals surface area (Å²) in [6, 6.07) is 23.3. The van der Waals surface area contributed by atoms with Crippen LogP contribution in [-0.4, -0.2) is 37.4 Å². The number of esters is 2. The molecule has 0 radical (unpaired) electrons. The molecule has 2 saturated carbocycles. The summed E-state index contributed by atoms with van der Waals surface area (Å²) in [5.74, 6) is 1.05. The molecular weight excluding hydrogens is 624 g/mol. The van der Waals surface area contributed by atoms with Crippen molar-refractivity contribution in [2.75, 3.05) is 13.2 Å². The van der Waals surface area contributed by atoms with Gasteiger partial charge in [-0.05, 0) is 121 Å². The predicted octanol–water partition coefficient (Wildman–Crippen LogP) is 11.6. The Morgan fingerprint density at radius 3 is 1.12 bits per heavy atom. The van der Waals surface area contributed by atoms with Gasteiger partial charge in [0.25, 0.3) is 0 Å². The minimum atomic E-state index is -0.228. The highest BCUT2D eigenvalue weighted by molar-refractivity contribution is 5.96. The van der Waals surface area contributed by atoms with Crippen LogP contribution in [0.1, 0.15) is 136 Å². The van der Waals surface area contributed by atoms with Crippen LogP contribution in [0.3, 0.4) is 0 Å². The molecule has 6 rings (SSSR count). The first kappa shape index (κ1) is 35.8. The third-order valence-corrected chi connectivity index (χ3v) is 10.4. The van der Waals surface area contributed by atoms with E-state index >= 15 is 0 Å². The van der Waals surface area contributed by atoms with E-state index in [-0.39, 0.29) is 24.1 Å². The third-order valence-electron chi connectivity index (χ3n) is 10.4. The Balaban J connectivity index is 0.967. The lowest BCUT2D eigenvalue weighted by atomic mass is 9.99. The maximum Gasteiger partial charge on any atom is 0.338 e. The molecule has 0 aliphatic heterocycles. The molecule has 2 fully saturated rings. The van der Waals surface area contributed by atoms with Gasteiger partial charge in [-0.1, -0.05) is 88.5 Å². The summed E-state index contributed by atoms with van der Waals surface area (Å²) in [4.78, 5) is 26.0. The monoisotopic (exact) mass is 678 g/mol. The van der Waals surface area contributed by atoms with E-state index < -0.39 is 0 Å². The van der Waals surface area contributed by atoms with Crippen LogP contribution >= 0.6 is 0 Å². The minimum Gasteiger partial charge on any atom is -0.490 e. The molecule has 4 aromatic carbocycles. The highest BCUT2D eigenvalue weighted by atomic mass is 16.5. The van der Waals surface area contributed by atoms with Crippen molar-refractivity contribution in [3.8, 4) is 11.5 Å². The summed E-state index contributed by atoms with van der Waals surface area (Å²) in [6.07, 6.45) is 21.1. The van der Waals surface area contributed by atoms with Crippen molar-refractivity contribution in [2.24, 2.45) is 0 Å². The van der Waals surface area contributed by atoms with Crippen LogP contribution < -0.4 is 9.47 Å². The van der Waals surface area contributed by atoms with Crippen LogP contribution in [0.5, 0.6) is 11.5 Å². The second-order valence-corrected chi connectivity index (χ2v) is 14.3. The van der Waals surface area contributed by atoms with E-state index in [2.05, 4.69) is 0 Å². The van der Waals surface area contributed by atoms with Gasteiger partial charge in [0.1, 0.15) is 36.9 Å². The average molecular weight is 679 g/mol. The Labute approximate surface area is 297 Å². The Morgan fingerprint density at radius 2 is 0.740 bits per heavy atom. The molecule has 2 aliphatic rings. The smallest absolute Gasteiger partial charge is 0.338 e. The molecule has 0 heterocycles. The van der Waals surface area contributed by atoms with E-state index in [0.29, 0.717) is 24.3 Å². The van der Waals surface area contributed by atoms with Crippen molar-refractivity contribution >= 4 is 33.5 Å². The molecule has 0 amide bonds. The van der Waals surface area contributed by atoms with Gasteiger partial charge in [-0.3, -0.25) is 0 Å². The maximum absolute atomic E-state index is 13.0. The molecule has 0 N–H and O–H groups in total. The Morgan fingerprint density at radius 1 is 0.420 bits per heavy atom. The fourth-order valence-corrected chi connectivity index (χ4v) is 7.42. The summed E-state index contributed by atoms with van der Waals surface area (Å²) in [7, 11) is 0. The molecule has 0 atom stereocenters. The highest BCUT2D eigenvalue weighted by Gasteiger charge is 2.19. The molecule has 4 aromatic rings. The Hall–Kier alpha value is -4.06. The number of carbonyl (C=O) groups is 2. The van der Waals surface area contributed by atoms with Crippen molar-refractivity contribution in [2.45, 2.75) is 128 Å². The molecule has 266 valence electrons. The minimum absolute atomic E-state index is 0.0159. The van der Waals surface area contributed by atoms with Crippen LogP contribution in [0.2, 0.25) is 0 Å². The van der Waals surface area contributed by atoms with E-state index in [9.17, 15) is 9.59 Å². The largest absolute Gasteiger partial charge is 0.490 e. The number of carbonyl (C=O) groups excluding carboxylic acids is 2. The van der Waals surface area contributed by atoms with Gasteiger partial charge in [-0.2, -0.15) is 0 Å². The van der Waals surface area contributed by atoms with Gasteiger partial charge in [-0.15, -0.1) is 0 Å². The maximum atomic E-state index is 13.0. The van der Waals surface area contributed by atoms with E-state index in [0.717, 1.165) is 84.4 Å². The molecular formula is C44H54O6. The van der Waals surface area contributed by atoms with E-state index in [1.165, 1.54) is 64.2 Å². The Bertz CT molecular complexity index is 1550. The first-order chi connectivity index (χ1) is 24.6. The van der Waals surface area contributed by atoms with Gasteiger partial charge in [0.05, 0.1) is 11.1 Å². The topological polar surface area (TPSA) is 71.1 Å². The molecule has 6 heteroatoms. The lowest BCUT2D eigenvalue weighted by molar-refractivity contribution is 0.0237. The van der Waals surface area contributed by atoms with Crippen LogP contribution in [0.4, 0.5) is 0 Å². The predicted molar refractivity (Wildman–Crippen MR) is 200 cm³/mol. The number of fused-ring (bicyclic) bond motifs is 2. The third kappa shape index (κ3) is 10.7. The van der Waals surface area contributed by atoms with Gasteiger partial charge in [0, 0.05) is 0 Å². The second-order valence-electron chi connectivity index (χ2n) is 14.3. The molecule has 0 unspecified atom stereocenters. The van der Waals surface area contributed by atoms with Gasteiger partial charge < -0.3 is 18.9 Å². The fourth-order valence-electron chi connectivity index (χ4n) is 7.42. The zero-order valence-corrected chi connectivity index (χ0v) is 29.7. The summed E-state index contributed by atoms with van der Waals surface area (Å²) in [5.41, 5.74) is 1.19. The van der Waals surface area contributed by atoms with Gasteiger partial charge in [0.2, 0.25) is 0 Å². The second kappa shape index (κ2) is 18.8. The van der Waals surface area contributed by atoms with Crippen molar-refractivity contribution < 1.29 is 28.5 Å². The van der Waals surface area contributed by atoms with Gasteiger partial charge in [0.15, 0.2) is 0 Å². The zero-order chi connectivity index (χ0) is 34.4. The van der Waals surface area contributed by atoms with Crippen LogP contribution in [-0.2, 0) is 9.47 Å². The number of ether oxygens (including phenoxy) is 4. The zero-order valence-electron chi connectivity index (χ0n) is 29.7. The summed E-state index contributed by atoms with van der Waals surface area (Å²) < 4.78 is 23.9. The molecule has 2 aliphatic carbocycles. The molecule has 50 heavy (non-hydrogen) atoms. The number of benzene rings is 4. The first-order valence-electron chi connectivity index (χ1n) is 19.4. The van der Waals surface area contributed by atoms with Crippen LogP contribution in [0.15, 0.2) is 72.8 Å². The summed E-state index contributed by atoms with van der Waals surface area (Å²) in [5, 5.41) is 3.97. The van der Waals surface area contributed by atoms with Crippen molar-refractivity contribution in [1.82, 2.24) is 0 Å². The molecule has 0 saturated heterocycles. The Kier molecular flexibility index (Phi) is 13.4. The molecule has 6 nitrogen and oxygen atoms in total. The average Bonchev–Trinajstić information content (AvgIpc) is 3.14. The SMILES string of the molecule is O=C(OC1CCCCCCCCC1)c1ccc2cc(OCCOc3ccc4cc(C(=O)OC5CCCCCCCCC5)ccc4c3)ccc2c1. The van der Waals surface area contributed by atoms with Gasteiger partial charge in [-0.25, -0.2) is 9.59 Å². The quantitative estimate of drug-likeness (QED) is 0.130. The lowest BCUT2D eigenvalue weighted by Crippen LogP contribution is -2.19. The van der Waals surface area contributed by atoms with Crippen molar-refractivity contribution in [1.29, 1.82) is 0 Å². The van der Waals surface area contributed by atoms with Gasteiger partial charge >= 0.3 is 11.9 Å². The first-order valence-corrected chi connectivity index (χ1v) is 19.4. The van der Waals surface area contributed by atoms with Crippen LogP contribution in [0, 0.1) is 0 Å². The number of rotatable bonds is 9. The number of hydrogen-bond acceptors (Lipinski definition) is 6. The lowest BCUT2D eigenvalue weighted by Gasteiger charge is -2.19. The van der Waals surface area contributed by atoms with E-state index in [1.807, 2.05) is 72.8 Å². The van der Waals surface area contributed by atoms with E-state index in [4.69, 9.17) is 18.9 Å². The normalized spacial score (nSPS) is 17.5.